The first-order chi connectivity index (χ1) is 15.7. The fourth-order valence-corrected chi connectivity index (χ4v) is 4.66. The summed E-state index contributed by atoms with van der Waals surface area (Å²) in [7, 11) is 0. The number of imidazole rings is 1. The van der Waals surface area contributed by atoms with Crippen LogP contribution in [0.15, 0.2) is 18.5 Å². The monoisotopic (exact) mass is 495 g/mol. The summed E-state index contributed by atoms with van der Waals surface area (Å²) in [6, 6.07) is -1.97. The van der Waals surface area contributed by atoms with Gasteiger partial charge in [-0.05, 0) is 30.7 Å². The Hall–Kier alpha value is -2.44. The Morgan fingerprint density at radius 3 is 2.41 bits per heavy atom. The van der Waals surface area contributed by atoms with Crippen molar-refractivity contribution in [3.63, 3.8) is 0 Å². The van der Waals surface area contributed by atoms with Crippen molar-refractivity contribution in [2.45, 2.75) is 75.1 Å². The third kappa shape index (κ3) is 5.44. The molecule has 0 aromatic carbocycles. The van der Waals surface area contributed by atoms with E-state index in [-0.39, 0.29) is 42.8 Å². The van der Waals surface area contributed by atoms with E-state index in [0.29, 0.717) is 5.69 Å². The fourth-order valence-electron chi connectivity index (χ4n) is 4.66. The minimum absolute atomic E-state index is 0.0474. The molecule has 0 bridgehead atoms. The summed E-state index contributed by atoms with van der Waals surface area (Å²) < 4.78 is 95.0. The van der Waals surface area contributed by atoms with Crippen LogP contribution < -0.4 is 11.1 Å². The van der Waals surface area contributed by atoms with Gasteiger partial charge in [-0.25, -0.2) is 27.1 Å². The van der Waals surface area contributed by atoms with Crippen LogP contribution in [0.4, 0.5) is 30.7 Å². The summed E-state index contributed by atoms with van der Waals surface area (Å²) in [5, 5.41) is 5.80. The van der Waals surface area contributed by atoms with Crippen molar-refractivity contribution in [1.29, 1.82) is 0 Å². The van der Waals surface area contributed by atoms with E-state index >= 15 is 0 Å². The number of aromatic nitrogens is 3. The van der Waals surface area contributed by atoms with Gasteiger partial charge < -0.3 is 11.1 Å². The Labute approximate surface area is 190 Å². The molecule has 0 radical (unpaired) electrons. The number of carbonyl (C=O) groups excluding carboxylic acids is 1. The normalized spacial score (nSPS) is 22.8. The van der Waals surface area contributed by atoms with Gasteiger partial charge in [-0.3, -0.25) is 4.79 Å². The van der Waals surface area contributed by atoms with E-state index in [1.54, 1.807) is 0 Å². The van der Waals surface area contributed by atoms with Gasteiger partial charge in [-0.15, -0.1) is 0 Å². The number of alkyl halides is 7. The van der Waals surface area contributed by atoms with E-state index in [1.807, 2.05) is 5.32 Å². The Bertz CT molecular complexity index is 1040. The molecule has 2 aliphatic carbocycles. The van der Waals surface area contributed by atoms with Gasteiger partial charge in [-0.2, -0.15) is 18.3 Å². The maximum absolute atomic E-state index is 13.7. The first-order valence-electron chi connectivity index (χ1n) is 10.9. The van der Waals surface area contributed by atoms with Gasteiger partial charge in [-0.1, -0.05) is 0 Å². The maximum atomic E-state index is 13.7. The molecule has 2 aromatic rings. The highest BCUT2D eigenvalue weighted by molar-refractivity contribution is 5.77. The van der Waals surface area contributed by atoms with Gasteiger partial charge in [0, 0.05) is 37.7 Å². The molecule has 0 spiro atoms. The van der Waals surface area contributed by atoms with E-state index < -0.39 is 61.2 Å². The molecule has 0 saturated heterocycles. The van der Waals surface area contributed by atoms with Crippen molar-refractivity contribution in [2.75, 3.05) is 0 Å². The van der Waals surface area contributed by atoms with Crippen LogP contribution in [0, 0.1) is 11.8 Å². The smallest absolute Gasteiger partial charge is 0.341 e. The Morgan fingerprint density at radius 1 is 1.18 bits per heavy atom. The highest BCUT2D eigenvalue weighted by atomic mass is 19.4. The zero-order chi connectivity index (χ0) is 24.9. The Balaban J connectivity index is 1.48. The molecule has 3 N–H and O–H groups in total. The number of hydrogen-bond acceptors (Lipinski definition) is 4. The lowest BCUT2D eigenvalue weighted by molar-refractivity contribution is -0.165. The number of carbonyl (C=O) groups is 1. The van der Waals surface area contributed by atoms with E-state index in [9.17, 15) is 35.5 Å². The number of rotatable bonds is 6. The minimum atomic E-state index is -4.86. The second-order valence-corrected chi connectivity index (χ2v) is 9.35. The first kappa shape index (κ1) is 24.7. The largest absolute Gasteiger partial charge is 0.412 e. The third-order valence-electron chi connectivity index (χ3n) is 6.59. The zero-order valence-corrected chi connectivity index (χ0v) is 18.0. The molecule has 1 amide bonds. The lowest BCUT2D eigenvalue weighted by Gasteiger charge is -2.34. The highest BCUT2D eigenvalue weighted by Gasteiger charge is 2.47. The number of nitrogens with one attached hydrogen (secondary N) is 1. The summed E-state index contributed by atoms with van der Waals surface area (Å²) in [5.41, 5.74) is 6.19. The molecular formula is C21H24F7N5O. The summed E-state index contributed by atoms with van der Waals surface area (Å²) in [5.74, 6) is -7.49. The molecule has 2 heterocycles. The zero-order valence-electron chi connectivity index (χ0n) is 18.0. The molecule has 34 heavy (non-hydrogen) atoms. The summed E-state index contributed by atoms with van der Waals surface area (Å²) in [6.45, 7) is 0. The summed E-state index contributed by atoms with van der Waals surface area (Å²) >= 11 is 0. The van der Waals surface area contributed by atoms with Gasteiger partial charge in [0.15, 0.2) is 11.7 Å². The topological polar surface area (TPSA) is 85.3 Å². The SMILES string of the molecule is N[C@H](c1cn2ncc(C(NC(=O)CC3CC(F)(F)C3)C(F)(F)F)cc2n1)C1CCC(F)(F)CC1. The van der Waals surface area contributed by atoms with Crippen molar-refractivity contribution in [3.05, 3.63) is 29.7 Å². The number of fused-ring (bicyclic) bond motifs is 1. The number of amides is 1. The maximum Gasteiger partial charge on any atom is 0.412 e. The molecule has 1 unspecified atom stereocenters. The molecule has 4 rings (SSSR count). The molecule has 188 valence electrons. The van der Waals surface area contributed by atoms with Crippen LogP contribution in [0.3, 0.4) is 0 Å². The van der Waals surface area contributed by atoms with Crippen LogP contribution in [0.5, 0.6) is 0 Å². The predicted molar refractivity (Wildman–Crippen MR) is 106 cm³/mol. The predicted octanol–water partition coefficient (Wildman–Crippen LogP) is 4.71. The van der Waals surface area contributed by atoms with Crippen molar-refractivity contribution >= 4 is 11.6 Å². The molecule has 13 heteroatoms. The van der Waals surface area contributed by atoms with Crippen LogP contribution >= 0.6 is 0 Å². The Morgan fingerprint density at radius 2 is 1.82 bits per heavy atom. The molecule has 2 saturated carbocycles. The number of nitrogens with zero attached hydrogens (tertiary/aromatic N) is 3. The number of nitrogens with two attached hydrogens (primary N) is 1. The summed E-state index contributed by atoms with van der Waals surface area (Å²) in [4.78, 5) is 16.3. The molecular weight excluding hydrogens is 471 g/mol. The van der Waals surface area contributed by atoms with Crippen LogP contribution in [0.2, 0.25) is 0 Å². The van der Waals surface area contributed by atoms with Crippen molar-refractivity contribution < 1.29 is 35.5 Å². The van der Waals surface area contributed by atoms with E-state index in [1.165, 1.54) is 10.7 Å². The third-order valence-corrected chi connectivity index (χ3v) is 6.59. The van der Waals surface area contributed by atoms with Crippen molar-refractivity contribution in [1.82, 2.24) is 19.9 Å². The quantitative estimate of drug-likeness (QED) is 0.569. The van der Waals surface area contributed by atoms with Gasteiger partial charge in [0.2, 0.25) is 17.8 Å². The fraction of sp³-hybridized carbons (Fsp3) is 0.667. The van der Waals surface area contributed by atoms with Crippen molar-refractivity contribution in [2.24, 2.45) is 17.6 Å². The van der Waals surface area contributed by atoms with Crippen LogP contribution in [-0.4, -0.2) is 38.5 Å². The first-order valence-corrected chi connectivity index (χ1v) is 10.9. The lowest BCUT2D eigenvalue weighted by Crippen LogP contribution is -2.42. The average Bonchev–Trinajstić information content (AvgIpc) is 3.12. The van der Waals surface area contributed by atoms with E-state index in [0.717, 1.165) is 12.3 Å². The van der Waals surface area contributed by atoms with Crippen LogP contribution in [0.1, 0.15) is 68.3 Å². The highest BCUT2D eigenvalue weighted by Crippen LogP contribution is 2.44. The molecule has 0 aliphatic heterocycles. The number of halogens is 7. The molecule has 6 nitrogen and oxygen atoms in total. The van der Waals surface area contributed by atoms with Gasteiger partial charge >= 0.3 is 6.18 Å². The molecule has 2 fully saturated rings. The van der Waals surface area contributed by atoms with Gasteiger partial charge in [0.05, 0.1) is 24.1 Å². The molecule has 2 aromatic heterocycles. The second-order valence-electron chi connectivity index (χ2n) is 9.35. The minimum Gasteiger partial charge on any atom is -0.341 e. The van der Waals surface area contributed by atoms with E-state index in [2.05, 4.69) is 10.1 Å². The second kappa shape index (κ2) is 8.65. The van der Waals surface area contributed by atoms with Crippen LogP contribution in [0.25, 0.3) is 5.65 Å². The summed E-state index contributed by atoms with van der Waals surface area (Å²) in [6.07, 6.45) is -4.14. The van der Waals surface area contributed by atoms with Crippen molar-refractivity contribution in [3.8, 4) is 0 Å². The van der Waals surface area contributed by atoms with E-state index in [4.69, 9.17) is 5.73 Å². The molecule has 2 aliphatic rings. The lowest BCUT2D eigenvalue weighted by atomic mass is 9.79. The van der Waals surface area contributed by atoms with Crippen LogP contribution in [-0.2, 0) is 4.79 Å². The standard InChI is InChI=1S/C21H24F7N5O/c22-19(23)3-1-12(2-4-19)17(29)14-10-33-15(31-14)6-13(9-30-33)18(21(26,27)28)32-16(34)5-11-7-20(24,25)8-11/h6,9-12,17-18H,1-5,7-8,29H2,(H,32,34)/t17-,18?/m0/s1. The number of hydrogen-bond donors (Lipinski definition) is 2. The average molecular weight is 495 g/mol. The molecule has 2 atom stereocenters. The Kier molecular flexibility index (Phi) is 6.28. The van der Waals surface area contributed by atoms with Gasteiger partial charge in [0.1, 0.15) is 0 Å². The van der Waals surface area contributed by atoms with Gasteiger partial charge in [0.25, 0.3) is 0 Å².